The van der Waals surface area contributed by atoms with Gasteiger partial charge in [-0.15, -0.1) is 0 Å². The van der Waals surface area contributed by atoms with Crippen LogP contribution in [0.1, 0.15) is 44.7 Å². The summed E-state index contributed by atoms with van der Waals surface area (Å²) in [7, 11) is 0. The number of nitrogen functional groups attached to an aromatic ring is 1. The minimum atomic E-state index is 0.465. The molecule has 2 rings (SSSR count). The van der Waals surface area contributed by atoms with Gasteiger partial charge < -0.3 is 10.3 Å². The Bertz CT molecular complexity index is 513. The van der Waals surface area contributed by atoms with Crippen LogP contribution in [-0.4, -0.2) is 9.55 Å². The lowest BCUT2D eigenvalue weighted by Crippen LogP contribution is -2.11. The summed E-state index contributed by atoms with van der Waals surface area (Å²) in [6.45, 7) is 6.50. The maximum Gasteiger partial charge on any atom is 0.201 e. The molecule has 0 aliphatic heterocycles. The molecule has 0 spiro atoms. The predicted octanol–water partition coefficient (Wildman–Crippen LogP) is 3.68. The number of para-hydroxylation sites is 1. The lowest BCUT2D eigenvalue weighted by atomic mass is 10.1. The lowest BCUT2D eigenvalue weighted by molar-refractivity contribution is 0.463. The number of rotatable bonds is 4. The van der Waals surface area contributed by atoms with E-state index in [0.29, 0.717) is 12.0 Å². The van der Waals surface area contributed by atoms with E-state index in [9.17, 15) is 0 Å². The van der Waals surface area contributed by atoms with Crippen LogP contribution in [0.5, 0.6) is 0 Å². The lowest BCUT2D eigenvalue weighted by Gasteiger charge is -2.18. The van der Waals surface area contributed by atoms with Crippen molar-refractivity contribution in [2.24, 2.45) is 0 Å². The molecule has 92 valence electrons. The largest absolute Gasteiger partial charge is 0.369 e. The predicted molar refractivity (Wildman–Crippen MR) is 73.1 cm³/mol. The van der Waals surface area contributed by atoms with Gasteiger partial charge in [-0.3, -0.25) is 0 Å². The topological polar surface area (TPSA) is 43.8 Å². The summed E-state index contributed by atoms with van der Waals surface area (Å²) >= 11 is 0. The summed E-state index contributed by atoms with van der Waals surface area (Å²) in [6, 6.07) is 6.74. The second-order valence-corrected chi connectivity index (χ2v) is 4.63. The van der Waals surface area contributed by atoms with E-state index in [4.69, 9.17) is 5.73 Å². The highest BCUT2D eigenvalue weighted by molar-refractivity contribution is 5.81. The molecule has 17 heavy (non-hydrogen) atoms. The molecular formula is C14H21N3. The van der Waals surface area contributed by atoms with Crippen molar-refractivity contribution in [1.29, 1.82) is 0 Å². The van der Waals surface area contributed by atoms with Crippen molar-refractivity contribution in [3.8, 4) is 0 Å². The van der Waals surface area contributed by atoms with Crippen LogP contribution in [0.25, 0.3) is 11.0 Å². The Morgan fingerprint density at radius 3 is 2.76 bits per heavy atom. The van der Waals surface area contributed by atoms with Gasteiger partial charge in [0.05, 0.1) is 11.0 Å². The van der Waals surface area contributed by atoms with Gasteiger partial charge in [0, 0.05) is 6.04 Å². The minimum Gasteiger partial charge on any atom is -0.369 e. The molecule has 0 saturated heterocycles. The summed E-state index contributed by atoms with van der Waals surface area (Å²) in [4.78, 5) is 4.50. The zero-order valence-corrected chi connectivity index (χ0v) is 10.9. The number of fused-ring (bicyclic) bond motifs is 1. The quantitative estimate of drug-likeness (QED) is 0.872. The molecular weight excluding hydrogens is 210 g/mol. The first-order valence-corrected chi connectivity index (χ1v) is 6.42. The molecule has 2 N–H and O–H groups in total. The number of hydrogen-bond donors (Lipinski definition) is 1. The molecule has 1 atom stereocenters. The third kappa shape index (κ3) is 2.02. The van der Waals surface area contributed by atoms with Crippen LogP contribution < -0.4 is 5.73 Å². The Morgan fingerprint density at radius 1 is 1.35 bits per heavy atom. The zero-order chi connectivity index (χ0) is 12.4. The molecule has 1 heterocycles. The molecule has 0 radical (unpaired) electrons. The van der Waals surface area contributed by atoms with E-state index in [2.05, 4.69) is 48.5 Å². The normalized spacial score (nSPS) is 13.1. The van der Waals surface area contributed by atoms with Crippen molar-refractivity contribution in [3.63, 3.8) is 0 Å². The van der Waals surface area contributed by atoms with Gasteiger partial charge in [-0.2, -0.15) is 0 Å². The molecule has 0 fully saturated rings. The maximum atomic E-state index is 6.08. The molecule has 3 nitrogen and oxygen atoms in total. The molecule has 0 saturated carbocycles. The van der Waals surface area contributed by atoms with Crippen molar-refractivity contribution >= 4 is 17.0 Å². The van der Waals surface area contributed by atoms with E-state index in [1.165, 1.54) is 17.5 Å². The Morgan fingerprint density at radius 2 is 2.12 bits per heavy atom. The highest BCUT2D eigenvalue weighted by atomic mass is 15.2. The first-order chi connectivity index (χ1) is 8.19. The van der Waals surface area contributed by atoms with Crippen LogP contribution in [0.2, 0.25) is 0 Å². The van der Waals surface area contributed by atoms with Crippen LogP contribution in [0.4, 0.5) is 5.95 Å². The number of imidazole rings is 1. The summed E-state index contributed by atoms with van der Waals surface area (Å²) < 4.78 is 2.20. The minimum absolute atomic E-state index is 0.465. The number of hydrogen-bond acceptors (Lipinski definition) is 2. The van der Waals surface area contributed by atoms with Crippen molar-refractivity contribution in [2.45, 2.75) is 46.1 Å². The Labute approximate surface area is 103 Å². The molecule has 0 bridgehead atoms. The highest BCUT2D eigenvalue weighted by Gasteiger charge is 2.16. The fourth-order valence-corrected chi connectivity index (χ4v) is 2.51. The number of aromatic nitrogens is 2. The second-order valence-electron chi connectivity index (χ2n) is 4.63. The average molecular weight is 231 g/mol. The van der Waals surface area contributed by atoms with E-state index >= 15 is 0 Å². The maximum absolute atomic E-state index is 6.08. The molecule has 0 aliphatic rings. The number of nitrogens with zero attached hydrogens (tertiary/aromatic N) is 2. The number of nitrogens with two attached hydrogens (primary N) is 1. The molecule has 1 unspecified atom stereocenters. The Kier molecular flexibility index (Phi) is 3.36. The summed E-state index contributed by atoms with van der Waals surface area (Å²) in [5.41, 5.74) is 9.49. The van der Waals surface area contributed by atoms with Gasteiger partial charge in [0.15, 0.2) is 0 Å². The summed E-state index contributed by atoms with van der Waals surface area (Å²) in [5.74, 6) is 0.648. The standard InChI is InChI=1S/C14H21N3/c1-4-7-11(5-2)17-12-9-6-8-10(3)13(12)16-14(17)15/h6,8-9,11H,4-5,7H2,1-3H3,(H2,15,16). The van der Waals surface area contributed by atoms with Crippen molar-refractivity contribution in [1.82, 2.24) is 9.55 Å². The van der Waals surface area contributed by atoms with Crippen molar-refractivity contribution < 1.29 is 0 Å². The third-order valence-corrected chi connectivity index (χ3v) is 3.41. The SMILES string of the molecule is CCCC(CC)n1c(N)nc2c(C)cccc21. The van der Waals surface area contributed by atoms with E-state index in [0.717, 1.165) is 18.4 Å². The molecule has 0 amide bonds. The fourth-order valence-electron chi connectivity index (χ4n) is 2.51. The van der Waals surface area contributed by atoms with Gasteiger partial charge in [-0.25, -0.2) is 4.98 Å². The number of benzene rings is 1. The zero-order valence-electron chi connectivity index (χ0n) is 10.9. The van der Waals surface area contributed by atoms with Crippen LogP contribution in [0, 0.1) is 6.92 Å². The van der Waals surface area contributed by atoms with Gasteiger partial charge in [0.2, 0.25) is 5.95 Å². The van der Waals surface area contributed by atoms with Crippen LogP contribution in [-0.2, 0) is 0 Å². The monoisotopic (exact) mass is 231 g/mol. The smallest absolute Gasteiger partial charge is 0.201 e. The van der Waals surface area contributed by atoms with E-state index in [1.807, 2.05) is 0 Å². The van der Waals surface area contributed by atoms with Gasteiger partial charge in [0.25, 0.3) is 0 Å². The molecule has 2 aromatic rings. The van der Waals surface area contributed by atoms with Crippen LogP contribution in [0.15, 0.2) is 18.2 Å². The number of aryl methyl sites for hydroxylation is 1. The summed E-state index contributed by atoms with van der Waals surface area (Å²) in [5, 5.41) is 0. The van der Waals surface area contributed by atoms with E-state index in [-0.39, 0.29) is 0 Å². The Hall–Kier alpha value is -1.51. The Balaban J connectivity index is 2.59. The van der Waals surface area contributed by atoms with Gasteiger partial charge in [-0.05, 0) is 31.4 Å². The molecule has 0 aliphatic carbocycles. The summed E-state index contributed by atoms with van der Waals surface area (Å²) in [6.07, 6.45) is 3.42. The van der Waals surface area contributed by atoms with Crippen molar-refractivity contribution in [2.75, 3.05) is 5.73 Å². The van der Waals surface area contributed by atoms with Crippen LogP contribution in [0.3, 0.4) is 0 Å². The highest BCUT2D eigenvalue weighted by Crippen LogP contribution is 2.28. The molecule has 3 heteroatoms. The first kappa shape index (κ1) is 12.0. The van der Waals surface area contributed by atoms with Gasteiger partial charge in [0.1, 0.15) is 0 Å². The fraction of sp³-hybridized carbons (Fsp3) is 0.500. The van der Waals surface area contributed by atoms with Crippen LogP contribution >= 0.6 is 0 Å². The van der Waals surface area contributed by atoms with E-state index < -0.39 is 0 Å². The van der Waals surface area contributed by atoms with Gasteiger partial charge in [-0.1, -0.05) is 32.4 Å². The number of anilines is 1. The first-order valence-electron chi connectivity index (χ1n) is 6.42. The second kappa shape index (κ2) is 4.78. The van der Waals surface area contributed by atoms with Gasteiger partial charge >= 0.3 is 0 Å². The third-order valence-electron chi connectivity index (χ3n) is 3.41. The molecule has 1 aromatic heterocycles. The van der Waals surface area contributed by atoms with E-state index in [1.54, 1.807) is 0 Å². The molecule has 1 aromatic carbocycles. The average Bonchev–Trinajstić information content (AvgIpc) is 2.64. The van der Waals surface area contributed by atoms with Crippen molar-refractivity contribution in [3.05, 3.63) is 23.8 Å².